The third-order valence-corrected chi connectivity index (χ3v) is 6.60. The lowest BCUT2D eigenvalue weighted by Crippen LogP contribution is -2.40. The Morgan fingerprint density at radius 3 is 2.53 bits per heavy atom. The van der Waals surface area contributed by atoms with Crippen molar-refractivity contribution in [3.05, 3.63) is 15.6 Å². The SMILES string of the molecule is CSC1(CNC(C)c2nc(C)sc2C)CCCCC1. The predicted octanol–water partition coefficient (Wildman–Crippen LogP) is 4.48. The molecule has 0 spiro atoms. The van der Waals surface area contributed by atoms with Gasteiger partial charge in [0.15, 0.2) is 0 Å². The Hall–Kier alpha value is -0.0600. The molecule has 2 nitrogen and oxygen atoms in total. The normalized spacial score (nSPS) is 20.4. The van der Waals surface area contributed by atoms with Crippen molar-refractivity contribution in [2.45, 2.75) is 63.7 Å². The van der Waals surface area contributed by atoms with E-state index in [0.717, 1.165) is 6.54 Å². The predicted molar refractivity (Wildman–Crippen MR) is 87.3 cm³/mol. The van der Waals surface area contributed by atoms with Crippen molar-refractivity contribution in [3.8, 4) is 0 Å². The van der Waals surface area contributed by atoms with Gasteiger partial charge in [-0.3, -0.25) is 0 Å². The molecule has 1 heterocycles. The van der Waals surface area contributed by atoms with Crippen molar-refractivity contribution in [1.82, 2.24) is 10.3 Å². The minimum Gasteiger partial charge on any atom is -0.307 e. The molecule has 0 radical (unpaired) electrons. The Morgan fingerprint density at radius 2 is 2.00 bits per heavy atom. The van der Waals surface area contributed by atoms with Crippen molar-refractivity contribution in [1.29, 1.82) is 0 Å². The molecular formula is C15H26N2S2. The molecule has 1 aromatic heterocycles. The van der Waals surface area contributed by atoms with Crippen LogP contribution in [-0.4, -0.2) is 22.5 Å². The second kappa shape index (κ2) is 6.59. The van der Waals surface area contributed by atoms with Gasteiger partial charge in [-0.05, 0) is 39.9 Å². The van der Waals surface area contributed by atoms with Crippen molar-refractivity contribution >= 4 is 23.1 Å². The average Bonchev–Trinajstić information content (AvgIpc) is 2.76. The summed E-state index contributed by atoms with van der Waals surface area (Å²) in [6, 6.07) is 0.371. The van der Waals surface area contributed by atoms with E-state index in [-0.39, 0.29) is 0 Å². The van der Waals surface area contributed by atoms with Crippen LogP contribution in [0.2, 0.25) is 0 Å². The van der Waals surface area contributed by atoms with E-state index in [0.29, 0.717) is 10.8 Å². The molecule has 4 heteroatoms. The van der Waals surface area contributed by atoms with Gasteiger partial charge in [0.1, 0.15) is 0 Å². The van der Waals surface area contributed by atoms with Gasteiger partial charge in [-0.25, -0.2) is 4.98 Å². The van der Waals surface area contributed by atoms with Gasteiger partial charge >= 0.3 is 0 Å². The summed E-state index contributed by atoms with van der Waals surface area (Å²) in [4.78, 5) is 6.03. The molecule has 0 bridgehead atoms. The van der Waals surface area contributed by atoms with E-state index in [4.69, 9.17) is 0 Å². The maximum atomic E-state index is 4.67. The highest BCUT2D eigenvalue weighted by molar-refractivity contribution is 8.00. The number of thioether (sulfide) groups is 1. The molecule has 1 unspecified atom stereocenters. The molecule has 0 aromatic carbocycles. The summed E-state index contributed by atoms with van der Waals surface area (Å²) >= 11 is 3.87. The molecule has 0 aliphatic heterocycles. The zero-order chi connectivity index (χ0) is 13.9. The topological polar surface area (TPSA) is 24.9 Å². The van der Waals surface area contributed by atoms with E-state index in [1.807, 2.05) is 11.3 Å². The molecule has 0 saturated heterocycles. The molecule has 1 aromatic rings. The molecule has 1 fully saturated rings. The van der Waals surface area contributed by atoms with Gasteiger partial charge in [-0.2, -0.15) is 11.8 Å². The van der Waals surface area contributed by atoms with Crippen LogP contribution < -0.4 is 5.32 Å². The van der Waals surface area contributed by atoms with Gasteiger partial charge in [-0.1, -0.05) is 19.3 Å². The minimum atomic E-state index is 0.371. The van der Waals surface area contributed by atoms with Gasteiger partial charge < -0.3 is 5.32 Å². The fourth-order valence-corrected chi connectivity index (χ4v) is 4.87. The number of nitrogens with zero attached hydrogens (tertiary/aromatic N) is 1. The molecule has 1 aliphatic rings. The summed E-state index contributed by atoms with van der Waals surface area (Å²) in [6.07, 6.45) is 9.21. The van der Waals surface area contributed by atoms with Gasteiger partial charge in [0, 0.05) is 22.2 Å². The average molecular weight is 299 g/mol. The number of thiazole rings is 1. The van der Waals surface area contributed by atoms with E-state index < -0.39 is 0 Å². The Labute approximate surface area is 125 Å². The lowest BCUT2D eigenvalue weighted by molar-refractivity contribution is 0.366. The van der Waals surface area contributed by atoms with Crippen LogP contribution in [0.25, 0.3) is 0 Å². The van der Waals surface area contributed by atoms with Crippen molar-refractivity contribution in [2.24, 2.45) is 0 Å². The third-order valence-electron chi connectivity index (χ3n) is 4.28. The van der Waals surface area contributed by atoms with Gasteiger partial charge in [0.2, 0.25) is 0 Å². The molecule has 1 N–H and O–H groups in total. The van der Waals surface area contributed by atoms with Gasteiger partial charge in [-0.15, -0.1) is 11.3 Å². The lowest BCUT2D eigenvalue weighted by Gasteiger charge is -2.36. The van der Waals surface area contributed by atoms with E-state index in [9.17, 15) is 0 Å². The molecule has 1 saturated carbocycles. The first-order valence-corrected chi connectivity index (χ1v) is 9.33. The fraction of sp³-hybridized carbons (Fsp3) is 0.800. The summed E-state index contributed by atoms with van der Waals surface area (Å²) in [5.41, 5.74) is 1.24. The fourth-order valence-electron chi connectivity index (χ4n) is 3.03. The van der Waals surface area contributed by atoms with Gasteiger partial charge in [0.05, 0.1) is 10.7 Å². The molecular weight excluding hydrogens is 272 g/mol. The summed E-state index contributed by atoms with van der Waals surface area (Å²) < 4.78 is 0.464. The molecule has 19 heavy (non-hydrogen) atoms. The first-order chi connectivity index (χ1) is 9.06. The van der Waals surface area contributed by atoms with E-state index in [1.54, 1.807) is 0 Å². The number of hydrogen-bond acceptors (Lipinski definition) is 4. The van der Waals surface area contributed by atoms with Crippen molar-refractivity contribution in [3.63, 3.8) is 0 Å². The zero-order valence-corrected chi connectivity index (χ0v) is 14.2. The lowest BCUT2D eigenvalue weighted by atomic mass is 9.88. The van der Waals surface area contributed by atoms with Crippen molar-refractivity contribution < 1.29 is 0 Å². The maximum absolute atomic E-state index is 4.67. The highest BCUT2D eigenvalue weighted by Gasteiger charge is 2.31. The van der Waals surface area contributed by atoms with E-state index >= 15 is 0 Å². The van der Waals surface area contributed by atoms with Crippen LogP contribution in [0, 0.1) is 13.8 Å². The molecule has 1 aliphatic carbocycles. The standard InChI is InChI=1S/C15H26N2S2/c1-11(14-12(2)19-13(3)17-14)16-10-15(18-4)8-6-5-7-9-15/h11,16H,5-10H2,1-4H3. The van der Waals surface area contributed by atoms with Crippen LogP contribution >= 0.6 is 23.1 Å². The third kappa shape index (κ3) is 3.73. The second-order valence-corrected chi connectivity index (χ2v) is 8.41. The van der Waals surface area contributed by atoms with Crippen molar-refractivity contribution in [2.75, 3.05) is 12.8 Å². The molecule has 0 amide bonds. The number of nitrogens with one attached hydrogen (secondary N) is 1. The summed E-state index contributed by atoms with van der Waals surface area (Å²) in [5.74, 6) is 0. The maximum Gasteiger partial charge on any atom is 0.0900 e. The molecule has 2 rings (SSSR count). The quantitative estimate of drug-likeness (QED) is 0.867. The smallest absolute Gasteiger partial charge is 0.0900 e. The van der Waals surface area contributed by atoms with Crippen LogP contribution in [0.1, 0.15) is 60.6 Å². The Morgan fingerprint density at radius 1 is 1.32 bits per heavy atom. The zero-order valence-electron chi connectivity index (χ0n) is 12.6. The number of aromatic nitrogens is 1. The summed E-state index contributed by atoms with van der Waals surface area (Å²) in [6.45, 7) is 7.64. The molecule has 108 valence electrons. The first kappa shape index (κ1) is 15.3. The largest absolute Gasteiger partial charge is 0.307 e. The number of rotatable bonds is 5. The molecule has 1 atom stereocenters. The summed E-state index contributed by atoms with van der Waals surface area (Å²) in [5, 5.41) is 4.92. The van der Waals surface area contributed by atoms with Crippen LogP contribution in [-0.2, 0) is 0 Å². The summed E-state index contributed by atoms with van der Waals surface area (Å²) in [7, 11) is 0. The second-order valence-electron chi connectivity index (χ2n) is 5.72. The van der Waals surface area contributed by atoms with Crippen LogP contribution in [0.5, 0.6) is 0 Å². The highest BCUT2D eigenvalue weighted by atomic mass is 32.2. The van der Waals surface area contributed by atoms with Crippen LogP contribution in [0.3, 0.4) is 0 Å². The first-order valence-electron chi connectivity index (χ1n) is 7.29. The monoisotopic (exact) mass is 298 g/mol. The minimum absolute atomic E-state index is 0.371. The Bertz CT molecular complexity index is 408. The highest BCUT2D eigenvalue weighted by Crippen LogP contribution is 2.38. The van der Waals surface area contributed by atoms with Gasteiger partial charge in [0.25, 0.3) is 0 Å². The number of aryl methyl sites for hydroxylation is 2. The Balaban J connectivity index is 1.95. The Kier molecular flexibility index (Phi) is 5.32. The van der Waals surface area contributed by atoms with E-state index in [2.05, 4.69) is 49.1 Å². The van der Waals surface area contributed by atoms with Crippen LogP contribution in [0.15, 0.2) is 0 Å². The van der Waals surface area contributed by atoms with Crippen LogP contribution in [0.4, 0.5) is 0 Å². The van der Waals surface area contributed by atoms with E-state index in [1.165, 1.54) is 47.7 Å². The number of hydrogen-bond donors (Lipinski definition) is 1.